The molecule has 0 atom stereocenters. The first-order valence-electron chi connectivity index (χ1n) is 13.6. The molecule has 4 rings (SSSR count). The van der Waals surface area contributed by atoms with E-state index in [1.54, 1.807) is 47.8 Å². The van der Waals surface area contributed by atoms with Crippen molar-refractivity contribution in [3.05, 3.63) is 54.1 Å². The quantitative estimate of drug-likeness (QED) is 0.284. The molecule has 0 unspecified atom stereocenters. The average molecular weight is 463 g/mol. The fourth-order valence-corrected chi connectivity index (χ4v) is 13.1. The molecule has 2 aromatic rings. The molecule has 0 radical (unpaired) electrons. The number of hydrogen-bond acceptors (Lipinski definition) is 0. The van der Waals surface area contributed by atoms with Crippen LogP contribution in [0.3, 0.4) is 0 Å². The molecule has 0 nitrogen and oxygen atoms in total. The average Bonchev–Trinajstić information content (AvgIpc) is 2.81. The van der Waals surface area contributed by atoms with Gasteiger partial charge in [0, 0.05) is 0 Å². The smallest absolute Gasteiger partial charge is 0.0656 e. The second-order valence-electron chi connectivity index (χ2n) is 12.2. The van der Waals surface area contributed by atoms with E-state index in [2.05, 4.69) is 75.1 Å². The molecule has 0 saturated carbocycles. The standard InChI is InChI=1S/C30H46Si2/c1-5-6-7-8-25-17-21-32(22-18-25)23-19-29(20-24-32)27-11-9-26(10-12-27)28-13-15-30(16-14-28)31(2,3)4/h9-16,25,29H,5-8,17-24H2,1-4H3. The molecule has 0 bridgehead atoms. The maximum atomic E-state index is 2.44. The van der Waals surface area contributed by atoms with Crippen molar-refractivity contribution in [3.63, 3.8) is 0 Å². The molecule has 2 aromatic carbocycles. The third-order valence-electron chi connectivity index (χ3n) is 8.89. The molecule has 174 valence electrons. The third-order valence-corrected chi connectivity index (χ3v) is 16.4. The highest BCUT2D eigenvalue weighted by Crippen LogP contribution is 2.47. The van der Waals surface area contributed by atoms with Gasteiger partial charge in [0.05, 0.1) is 16.1 Å². The minimum absolute atomic E-state index is 0.818. The van der Waals surface area contributed by atoms with Crippen molar-refractivity contribution >= 4 is 21.3 Å². The Kier molecular flexibility index (Phi) is 7.82. The lowest BCUT2D eigenvalue weighted by atomic mass is 9.92. The third kappa shape index (κ3) is 5.86. The lowest BCUT2D eigenvalue weighted by Crippen LogP contribution is -2.41. The lowest BCUT2D eigenvalue weighted by molar-refractivity contribution is 0.407. The van der Waals surface area contributed by atoms with E-state index in [0.29, 0.717) is 0 Å². The van der Waals surface area contributed by atoms with Crippen LogP contribution in [0.4, 0.5) is 0 Å². The van der Waals surface area contributed by atoms with E-state index in [9.17, 15) is 0 Å². The van der Waals surface area contributed by atoms with Crippen LogP contribution in [0.15, 0.2) is 48.5 Å². The van der Waals surface area contributed by atoms with E-state index >= 15 is 0 Å². The topological polar surface area (TPSA) is 0 Å². The first-order valence-corrected chi connectivity index (χ1v) is 19.9. The van der Waals surface area contributed by atoms with E-state index in [4.69, 9.17) is 0 Å². The van der Waals surface area contributed by atoms with E-state index in [0.717, 1.165) is 11.8 Å². The Morgan fingerprint density at radius 2 is 1.25 bits per heavy atom. The molecule has 2 aliphatic rings. The van der Waals surface area contributed by atoms with Gasteiger partial charge in [0.15, 0.2) is 0 Å². The highest BCUT2D eigenvalue weighted by molar-refractivity contribution is 6.88. The Hall–Kier alpha value is -1.13. The first kappa shape index (κ1) is 24.0. The monoisotopic (exact) mass is 462 g/mol. The minimum Gasteiger partial charge on any atom is -0.0656 e. The van der Waals surface area contributed by atoms with Gasteiger partial charge >= 0.3 is 0 Å². The van der Waals surface area contributed by atoms with Gasteiger partial charge in [-0.15, -0.1) is 0 Å². The van der Waals surface area contributed by atoms with Crippen molar-refractivity contribution in [1.29, 1.82) is 0 Å². The van der Waals surface area contributed by atoms with Crippen LogP contribution >= 0.6 is 0 Å². The molecular weight excluding hydrogens is 417 g/mol. The fourth-order valence-electron chi connectivity index (χ4n) is 6.44. The molecule has 2 fully saturated rings. The van der Waals surface area contributed by atoms with Crippen LogP contribution in [-0.4, -0.2) is 16.1 Å². The molecule has 0 aromatic heterocycles. The van der Waals surface area contributed by atoms with Gasteiger partial charge in [-0.1, -0.05) is 143 Å². The predicted molar refractivity (Wildman–Crippen MR) is 149 cm³/mol. The summed E-state index contributed by atoms with van der Waals surface area (Å²) in [5, 5.41) is 1.55. The molecule has 0 aliphatic carbocycles. The van der Waals surface area contributed by atoms with Gasteiger partial charge < -0.3 is 0 Å². The van der Waals surface area contributed by atoms with Gasteiger partial charge in [0.25, 0.3) is 0 Å². The van der Waals surface area contributed by atoms with Crippen molar-refractivity contribution < 1.29 is 0 Å². The zero-order chi connectivity index (χ0) is 22.6. The highest BCUT2D eigenvalue weighted by atomic mass is 28.3. The molecule has 2 saturated heterocycles. The van der Waals surface area contributed by atoms with Crippen LogP contribution in [0, 0.1) is 5.92 Å². The van der Waals surface area contributed by atoms with Crippen molar-refractivity contribution in [2.75, 3.05) is 0 Å². The minimum atomic E-state index is -1.21. The molecule has 2 heterocycles. The predicted octanol–water partition coefficient (Wildman–Crippen LogP) is 9.22. The van der Waals surface area contributed by atoms with Gasteiger partial charge in [0.1, 0.15) is 0 Å². The summed E-state index contributed by atoms with van der Waals surface area (Å²) in [4.78, 5) is 0. The molecule has 0 N–H and O–H groups in total. The molecule has 2 heteroatoms. The van der Waals surface area contributed by atoms with Gasteiger partial charge in [-0.2, -0.15) is 0 Å². The van der Waals surface area contributed by atoms with Crippen molar-refractivity contribution in [3.8, 4) is 11.1 Å². The molecular formula is C30H46Si2. The largest absolute Gasteiger partial charge is 0.0775 e. The summed E-state index contributed by atoms with van der Waals surface area (Å²) in [5.41, 5.74) is 4.34. The number of rotatable bonds is 7. The van der Waals surface area contributed by atoms with E-state index in [1.165, 1.54) is 49.7 Å². The van der Waals surface area contributed by atoms with E-state index < -0.39 is 16.1 Å². The molecule has 2 aliphatic heterocycles. The summed E-state index contributed by atoms with van der Waals surface area (Å²) in [6, 6.07) is 25.6. The number of benzene rings is 2. The van der Waals surface area contributed by atoms with E-state index in [-0.39, 0.29) is 0 Å². The maximum absolute atomic E-state index is 2.44. The van der Waals surface area contributed by atoms with Crippen LogP contribution in [-0.2, 0) is 0 Å². The second kappa shape index (κ2) is 10.4. The molecule has 1 spiro atoms. The summed E-state index contributed by atoms with van der Waals surface area (Å²) in [6.07, 6.45) is 11.9. The Balaban J connectivity index is 1.30. The van der Waals surface area contributed by atoms with Gasteiger partial charge in [-0.05, 0) is 41.4 Å². The van der Waals surface area contributed by atoms with Crippen LogP contribution in [0.1, 0.15) is 69.8 Å². The summed E-state index contributed by atoms with van der Waals surface area (Å²) < 4.78 is 0. The van der Waals surface area contributed by atoms with Crippen LogP contribution in [0.2, 0.25) is 43.8 Å². The lowest BCUT2D eigenvalue weighted by Gasteiger charge is -2.43. The number of hydrogen-bond donors (Lipinski definition) is 0. The summed E-state index contributed by atoms with van der Waals surface area (Å²) >= 11 is 0. The zero-order valence-electron chi connectivity index (χ0n) is 21.3. The summed E-state index contributed by atoms with van der Waals surface area (Å²) in [5.74, 6) is 1.89. The van der Waals surface area contributed by atoms with Gasteiger partial charge in [0.2, 0.25) is 0 Å². The normalized spacial score (nSPS) is 26.4. The maximum Gasteiger partial charge on any atom is 0.0775 e. The van der Waals surface area contributed by atoms with Crippen molar-refractivity contribution in [1.82, 2.24) is 0 Å². The Morgan fingerprint density at radius 3 is 1.78 bits per heavy atom. The van der Waals surface area contributed by atoms with Crippen LogP contribution < -0.4 is 5.19 Å². The zero-order valence-corrected chi connectivity index (χ0v) is 23.3. The Bertz CT molecular complexity index is 826. The first-order chi connectivity index (χ1) is 15.4. The van der Waals surface area contributed by atoms with Crippen LogP contribution in [0.25, 0.3) is 11.1 Å². The van der Waals surface area contributed by atoms with E-state index in [1.807, 2.05) is 0 Å². The van der Waals surface area contributed by atoms with Gasteiger partial charge in [-0.3, -0.25) is 0 Å². The SMILES string of the molecule is CCCCCC1CC[Si]2(CC1)CCC(c1ccc(-c3ccc([Si](C)(C)C)cc3)cc1)CC2. The van der Waals surface area contributed by atoms with Gasteiger partial charge in [-0.25, -0.2) is 0 Å². The molecule has 32 heavy (non-hydrogen) atoms. The second-order valence-corrected chi connectivity index (χ2v) is 22.2. The van der Waals surface area contributed by atoms with Crippen molar-refractivity contribution in [2.45, 2.75) is 108 Å². The summed E-state index contributed by atoms with van der Waals surface area (Å²) in [7, 11) is -2.13. The van der Waals surface area contributed by atoms with Crippen molar-refractivity contribution in [2.24, 2.45) is 5.92 Å². The number of unbranched alkanes of at least 4 members (excludes halogenated alkanes) is 2. The fraction of sp³-hybridized carbons (Fsp3) is 0.600. The van der Waals surface area contributed by atoms with Crippen LogP contribution in [0.5, 0.6) is 0 Å². The molecule has 0 amide bonds. The highest BCUT2D eigenvalue weighted by Gasteiger charge is 2.40. The Labute approximate surface area is 200 Å². The Morgan fingerprint density at radius 1 is 0.719 bits per heavy atom. The summed E-state index contributed by atoms with van der Waals surface area (Å²) in [6.45, 7) is 9.61.